The van der Waals surface area contributed by atoms with Gasteiger partial charge in [-0.05, 0) is 0 Å². The van der Waals surface area contributed by atoms with Gasteiger partial charge in [-0.1, -0.05) is 0 Å². The molecule has 0 heterocycles. The monoisotopic (exact) mass is 362 g/mol. The van der Waals surface area contributed by atoms with Gasteiger partial charge in [0.1, 0.15) is 0 Å². The summed E-state index contributed by atoms with van der Waals surface area (Å²) in [6.45, 7) is 0. The topological polar surface area (TPSA) is 0 Å². The van der Waals surface area contributed by atoms with E-state index >= 15 is 0 Å². The van der Waals surface area contributed by atoms with Crippen LogP contribution in [0.5, 0.6) is 0 Å². The molecule has 0 atom stereocenters. The molecule has 0 aliphatic carbocycles. The van der Waals surface area contributed by atoms with Crippen molar-refractivity contribution in [3.8, 4) is 0 Å². The van der Waals surface area contributed by atoms with Gasteiger partial charge in [0.2, 0.25) is 0 Å². The van der Waals surface area contributed by atoms with Crippen LogP contribution in [-0.2, 0) is 0 Å². The summed E-state index contributed by atoms with van der Waals surface area (Å²) in [5.74, 6) is 0. The summed E-state index contributed by atoms with van der Waals surface area (Å²) in [6.07, 6.45) is 0. The molecule has 0 aromatic rings. The molecule has 0 amide bonds. The summed E-state index contributed by atoms with van der Waals surface area (Å²) in [7, 11) is 0. The molecule has 0 radical (unpaired) electrons. The molecule has 0 saturated carbocycles. The van der Waals surface area contributed by atoms with Crippen LogP contribution in [0.25, 0.3) is 0 Å². The van der Waals surface area contributed by atoms with Crippen molar-refractivity contribution in [2.75, 3.05) is 0 Å². The normalized spacial score (nSPS) is 13.8. The zero-order chi connectivity index (χ0) is 8.41. The number of hydrogen-bond donors (Lipinski definition) is 0. The standard InChI is InChI=1S/C2Cl4F2Se2/c3-1(4,7)9-10-2(5,6)8. The fourth-order valence-corrected chi connectivity index (χ4v) is 5.95. The van der Waals surface area contributed by atoms with Crippen LogP contribution in [0.15, 0.2) is 0 Å². The van der Waals surface area contributed by atoms with Crippen molar-refractivity contribution in [2.24, 2.45) is 0 Å². The molecule has 0 saturated heterocycles. The van der Waals surface area contributed by atoms with Gasteiger partial charge in [0, 0.05) is 0 Å². The van der Waals surface area contributed by atoms with Crippen LogP contribution in [0.3, 0.4) is 0 Å². The molecule has 0 aromatic carbocycles. The van der Waals surface area contributed by atoms with E-state index in [1.54, 1.807) is 0 Å². The SMILES string of the molecule is FC(Cl)(Cl)[Se][Se]C(F)(Cl)Cl. The Hall–Kier alpha value is 2.06. The average Bonchev–Trinajstić information content (AvgIpc) is 1.57. The van der Waals surface area contributed by atoms with Gasteiger partial charge >= 0.3 is 88.4 Å². The van der Waals surface area contributed by atoms with E-state index in [0.29, 0.717) is 0 Å². The van der Waals surface area contributed by atoms with E-state index < -0.39 is 33.2 Å². The first-order valence-corrected chi connectivity index (χ1v) is 9.27. The maximum atomic E-state index is 12.2. The van der Waals surface area contributed by atoms with Crippen molar-refractivity contribution in [3.05, 3.63) is 0 Å². The van der Waals surface area contributed by atoms with E-state index in [4.69, 9.17) is 46.4 Å². The summed E-state index contributed by atoms with van der Waals surface area (Å²) < 4.78 is 19.7. The molecule has 0 nitrogen and oxygen atoms in total. The predicted molar refractivity (Wildman–Crippen MR) is 42.6 cm³/mol. The van der Waals surface area contributed by atoms with E-state index in [0.717, 1.165) is 0 Å². The van der Waals surface area contributed by atoms with Crippen LogP contribution in [0.2, 0.25) is 0 Å². The number of hydrogen-bond acceptors (Lipinski definition) is 0. The molecular formula is C2Cl4F2Se2. The number of alkyl halides is 6. The summed E-state index contributed by atoms with van der Waals surface area (Å²) >= 11 is 17.8. The zero-order valence-electron chi connectivity index (χ0n) is 4.08. The molecule has 0 N–H and O–H groups in total. The fraction of sp³-hybridized carbons (Fsp3) is 1.00. The molecule has 0 aliphatic heterocycles. The van der Waals surface area contributed by atoms with Crippen molar-refractivity contribution in [3.63, 3.8) is 0 Å². The van der Waals surface area contributed by atoms with E-state index in [9.17, 15) is 8.78 Å². The van der Waals surface area contributed by atoms with Crippen molar-refractivity contribution in [2.45, 2.75) is 6.97 Å². The van der Waals surface area contributed by atoms with E-state index in [-0.39, 0.29) is 0 Å². The fourth-order valence-electron chi connectivity index (χ4n) is 0.0945. The molecule has 0 spiro atoms. The van der Waals surface area contributed by atoms with Gasteiger partial charge in [0.25, 0.3) is 0 Å². The Morgan fingerprint density at radius 1 is 0.800 bits per heavy atom. The maximum absolute atomic E-state index is 12.2. The van der Waals surface area contributed by atoms with Crippen molar-refractivity contribution in [1.29, 1.82) is 0 Å². The van der Waals surface area contributed by atoms with Crippen LogP contribution < -0.4 is 0 Å². The third-order valence-electron chi connectivity index (χ3n) is 0.231. The second-order valence-electron chi connectivity index (χ2n) is 1.06. The van der Waals surface area contributed by atoms with Crippen molar-refractivity contribution >= 4 is 72.7 Å². The molecular weight excluding hydrogens is 362 g/mol. The Morgan fingerprint density at radius 2 is 1.00 bits per heavy atom. The Bertz CT molecular complexity index is 92.8. The second kappa shape index (κ2) is 4.34. The van der Waals surface area contributed by atoms with Gasteiger partial charge in [-0.3, -0.25) is 0 Å². The quantitative estimate of drug-likeness (QED) is 0.535. The first-order valence-electron chi connectivity index (χ1n) is 1.71. The molecule has 0 fully saturated rings. The molecule has 0 unspecified atom stereocenters. The minimum atomic E-state index is -2.37. The summed E-state index contributed by atoms with van der Waals surface area (Å²) in [5, 5.41) is 0. The Morgan fingerprint density at radius 3 is 1.10 bits per heavy atom. The molecule has 0 aromatic heterocycles. The molecule has 0 bridgehead atoms. The van der Waals surface area contributed by atoms with Crippen molar-refractivity contribution < 1.29 is 8.78 Å². The zero-order valence-corrected chi connectivity index (χ0v) is 10.5. The van der Waals surface area contributed by atoms with Gasteiger partial charge in [0.15, 0.2) is 0 Å². The predicted octanol–water partition coefficient (Wildman–Crippen LogP) is 2.43. The van der Waals surface area contributed by atoms with E-state index in [1.807, 2.05) is 0 Å². The first-order chi connectivity index (χ1) is 4.21. The Balaban J connectivity index is 3.56. The number of halogens is 6. The van der Waals surface area contributed by atoms with E-state index in [2.05, 4.69) is 0 Å². The third-order valence-corrected chi connectivity index (χ3v) is 13.0. The van der Waals surface area contributed by atoms with Gasteiger partial charge in [-0.25, -0.2) is 0 Å². The minimum absolute atomic E-state index is 0.915. The van der Waals surface area contributed by atoms with Gasteiger partial charge in [-0.15, -0.1) is 0 Å². The van der Waals surface area contributed by atoms with E-state index in [1.165, 1.54) is 0 Å². The van der Waals surface area contributed by atoms with Gasteiger partial charge in [0.05, 0.1) is 0 Å². The summed E-state index contributed by atoms with van der Waals surface area (Å²) in [6, 6.07) is 0. The van der Waals surface area contributed by atoms with Crippen molar-refractivity contribution in [1.82, 2.24) is 0 Å². The Kier molecular flexibility index (Phi) is 5.23. The Labute approximate surface area is 87.8 Å². The van der Waals surface area contributed by atoms with Crippen LogP contribution in [0.1, 0.15) is 0 Å². The van der Waals surface area contributed by atoms with Crippen LogP contribution in [0.4, 0.5) is 8.78 Å². The van der Waals surface area contributed by atoms with Crippen LogP contribution in [-0.4, -0.2) is 33.2 Å². The van der Waals surface area contributed by atoms with Crippen LogP contribution in [0, 0.1) is 0 Å². The molecule has 0 rings (SSSR count). The van der Waals surface area contributed by atoms with Crippen LogP contribution >= 0.6 is 46.4 Å². The first kappa shape index (κ1) is 12.1. The summed E-state index contributed by atoms with van der Waals surface area (Å²) in [4.78, 5) is 0. The van der Waals surface area contributed by atoms with Gasteiger partial charge < -0.3 is 0 Å². The average molecular weight is 362 g/mol. The number of rotatable bonds is 3. The molecule has 62 valence electrons. The molecule has 0 aliphatic rings. The third kappa shape index (κ3) is 10.1. The molecule has 8 heteroatoms. The second-order valence-corrected chi connectivity index (χ2v) is 12.3. The molecule has 10 heavy (non-hydrogen) atoms. The summed E-state index contributed by atoms with van der Waals surface area (Å²) in [5.41, 5.74) is 0. The van der Waals surface area contributed by atoms with Gasteiger partial charge in [-0.2, -0.15) is 0 Å².